The Bertz CT molecular complexity index is 544. The topological polar surface area (TPSA) is 186 Å². The molecule has 6 atom stereocenters. The molecule has 1 unspecified atom stereocenters. The van der Waals surface area contributed by atoms with Crippen molar-refractivity contribution in [3.8, 4) is 0 Å². The molecule has 11 nitrogen and oxygen atoms in total. The maximum Gasteiger partial charge on any atom is 0.364 e. The largest absolute Gasteiger partial charge is 0.477 e. The Kier molecular flexibility index (Phi) is 8.57. The van der Waals surface area contributed by atoms with E-state index in [1.54, 1.807) is 0 Å². The number of hydrogen-bond acceptors (Lipinski definition) is 8. The van der Waals surface area contributed by atoms with E-state index in [0.717, 1.165) is 13.3 Å². The lowest BCUT2D eigenvalue weighted by molar-refractivity contribution is -0.294. The van der Waals surface area contributed by atoms with E-state index in [4.69, 9.17) is 9.84 Å². The van der Waals surface area contributed by atoms with Crippen molar-refractivity contribution in [2.75, 3.05) is 6.54 Å². The molecule has 1 heterocycles. The maximum absolute atomic E-state index is 11.6. The van der Waals surface area contributed by atoms with Crippen LogP contribution in [-0.4, -0.2) is 86.1 Å². The molecule has 0 bridgehead atoms. The number of nitrogens with one attached hydrogen (secondary N) is 2. The molecule has 0 radical (unpaired) electrons. The van der Waals surface area contributed by atoms with E-state index in [-0.39, 0.29) is 18.9 Å². The number of aliphatic hydroxyl groups excluding tert-OH is 3. The van der Waals surface area contributed by atoms with Crippen molar-refractivity contribution in [1.82, 2.24) is 10.6 Å². The number of rotatable bonds is 9. The molecule has 0 spiro atoms. The molecule has 1 aliphatic heterocycles. The minimum Gasteiger partial charge on any atom is -0.477 e. The van der Waals surface area contributed by atoms with E-state index in [0.29, 0.717) is 6.42 Å². The number of carboxylic acids is 1. The van der Waals surface area contributed by atoms with Gasteiger partial charge in [-0.2, -0.15) is 0 Å². The van der Waals surface area contributed by atoms with Crippen molar-refractivity contribution in [1.29, 1.82) is 0 Å². The van der Waals surface area contributed by atoms with Crippen molar-refractivity contribution >= 4 is 17.8 Å². The molecule has 0 aromatic heterocycles. The summed E-state index contributed by atoms with van der Waals surface area (Å²) in [5.41, 5.74) is 0. The Labute approximate surface area is 156 Å². The molecular weight excluding hydrogens is 364 g/mol. The Morgan fingerprint density at radius 1 is 1.30 bits per heavy atom. The summed E-state index contributed by atoms with van der Waals surface area (Å²) < 4.78 is 5.03. The van der Waals surface area contributed by atoms with Crippen LogP contribution in [0.3, 0.4) is 0 Å². The van der Waals surface area contributed by atoms with Gasteiger partial charge in [-0.25, -0.2) is 4.79 Å². The number of unbranched alkanes of at least 4 members (excludes halogenated alkanes) is 1. The normalized spacial score (nSPS) is 30.2. The smallest absolute Gasteiger partial charge is 0.364 e. The standard InChI is InChI=1S/C16H28N2O9/c1-3-4-5-11(22)17-7-10(21)13(23)14-12(18-8(2)19)9(20)6-16(26,27-14)15(24)25/h9-10,12-14,20-21,23,26H,3-7H2,1-2H3,(H,17,22)(H,18,19)(H,24,25)/t9-,10+,12+,13+,14?,16-/m0/s1. The van der Waals surface area contributed by atoms with Crippen LogP contribution in [-0.2, 0) is 19.1 Å². The van der Waals surface area contributed by atoms with Crippen LogP contribution in [0.15, 0.2) is 0 Å². The molecule has 1 fully saturated rings. The van der Waals surface area contributed by atoms with Crippen LogP contribution >= 0.6 is 0 Å². The zero-order valence-electron chi connectivity index (χ0n) is 15.3. The number of carbonyl (C=O) groups excluding carboxylic acids is 2. The molecule has 0 aromatic rings. The van der Waals surface area contributed by atoms with E-state index >= 15 is 0 Å². The van der Waals surface area contributed by atoms with E-state index in [2.05, 4.69) is 10.6 Å². The molecule has 0 aromatic carbocycles. The minimum atomic E-state index is -2.80. The summed E-state index contributed by atoms with van der Waals surface area (Å²) in [6, 6.07) is -1.28. The van der Waals surface area contributed by atoms with Gasteiger partial charge in [-0.05, 0) is 6.42 Å². The lowest BCUT2D eigenvalue weighted by Crippen LogP contribution is -2.67. The second-order valence-corrected chi connectivity index (χ2v) is 6.64. The van der Waals surface area contributed by atoms with Gasteiger partial charge >= 0.3 is 5.97 Å². The van der Waals surface area contributed by atoms with Gasteiger partial charge in [0.15, 0.2) is 0 Å². The second-order valence-electron chi connectivity index (χ2n) is 6.64. The van der Waals surface area contributed by atoms with Crippen LogP contribution in [0.4, 0.5) is 0 Å². The van der Waals surface area contributed by atoms with Gasteiger partial charge in [-0.3, -0.25) is 9.59 Å². The fourth-order valence-corrected chi connectivity index (χ4v) is 2.79. The van der Waals surface area contributed by atoms with Gasteiger partial charge in [-0.15, -0.1) is 0 Å². The van der Waals surface area contributed by atoms with Gasteiger partial charge in [0.05, 0.1) is 18.2 Å². The van der Waals surface area contributed by atoms with Crippen LogP contribution in [0.5, 0.6) is 0 Å². The molecule has 27 heavy (non-hydrogen) atoms. The van der Waals surface area contributed by atoms with Crippen molar-refractivity contribution in [2.24, 2.45) is 0 Å². The first-order valence-corrected chi connectivity index (χ1v) is 8.73. The molecule has 11 heteroatoms. The molecule has 156 valence electrons. The number of hydrogen-bond donors (Lipinski definition) is 7. The summed E-state index contributed by atoms with van der Waals surface area (Å²) in [4.78, 5) is 34.2. The first kappa shape index (κ1) is 23.2. The third kappa shape index (κ3) is 6.40. The van der Waals surface area contributed by atoms with E-state index in [9.17, 15) is 34.8 Å². The minimum absolute atomic E-state index is 0.241. The number of carbonyl (C=O) groups is 3. The van der Waals surface area contributed by atoms with E-state index in [1.807, 2.05) is 6.92 Å². The SMILES string of the molecule is CCCCC(=O)NC[C@@H](O)[C@@H](O)C1O[C@](O)(C(=O)O)C[C@H](O)[C@H]1NC(C)=O. The molecule has 1 aliphatic rings. The molecular formula is C16H28N2O9. The third-order valence-electron chi connectivity index (χ3n) is 4.29. The Morgan fingerprint density at radius 3 is 2.44 bits per heavy atom. The molecule has 0 aliphatic carbocycles. The summed E-state index contributed by atoms with van der Waals surface area (Å²) in [5, 5.41) is 54.5. The molecule has 1 saturated heterocycles. The second kappa shape index (κ2) is 9.95. The van der Waals surface area contributed by atoms with E-state index < -0.39 is 54.5 Å². The third-order valence-corrected chi connectivity index (χ3v) is 4.29. The number of aliphatic carboxylic acids is 1. The van der Waals surface area contributed by atoms with Crippen molar-refractivity contribution in [3.63, 3.8) is 0 Å². The van der Waals surface area contributed by atoms with Gasteiger partial charge < -0.3 is 40.9 Å². The number of aliphatic hydroxyl groups is 4. The van der Waals surface area contributed by atoms with Crippen LogP contribution in [0.1, 0.15) is 39.5 Å². The predicted molar refractivity (Wildman–Crippen MR) is 90.2 cm³/mol. The zero-order valence-corrected chi connectivity index (χ0v) is 15.3. The quantitative estimate of drug-likeness (QED) is 0.222. The fraction of sp³-hybridized carbons (Fsp3) is 0.812. The zero-order chi connectivity index (χ0) is 20.8. The summed E-state index contributed by atoms with van der Waals surface area (Å²) >= 11 is 0. The monoisotopic (exact) mass is 392 g/mol. The Balaban J connectivity index is 2.88. The fourth-order valence-electron chi connectivity index (χ4n) is 2.79. The highest BCUT2D eigenvalue weighted by Crippen LogP contribution is 2.30. The van der Waals surface area contributed by atoms with Gasteiger partial charge in [0.1, 0.15) is 12.2 Å². The highest BCUT2D eigenvalue weighted by molar-refractivity contribution is 5.76. The maximum atomic E-state index is 11.6. The molecule has 7 N–H and O–H groups in total. The summed E-state index contributed by atoms with van der Waals surface area (Å²) in [6.07, 6.45) is -5.66. The van der Waals surface area contributed by atoms with Crippen molar-refractivity contribution in [3.05, 3.63) is 0 Å². The first-order valence-electron chi connectivity index (χ1n) is 8.73. The predicted octanol–water partition coefficient (Wildman–Crippen LogP) is -2.56. The van der Waals surface area contributed by atoms with Gasteiger partial charge in [0.25, 0.3) is 5.79 Å². The van der Waals surface area contributed by atoms with Gasteiger partial charge in [0.2, 0.25) is 11.8 Å². The van der Waals surface area contributed by atoms with Crippen LogP contribution < -0.4 is 10.6 Å². The number of amides is 2. The van der Waals surface area contributed by atoms with Crippen LogP contribution in [0, 0.1) is 0 Å². The van der Waals surface area contributed by atoms with Crippen LogP contribution in [0.25, 0.3) is 0 Å². The average Bonchev–Trinajstić information content (AvgIpc) is 2.58. The van der Waals surface area contributed by atoms with Crippen LogP contribution in [0.2, 0.25) is 0 Å². The average molecular weight is 392 g/mol. The Hall–Kier alpha value is -1.79. The summed E-state index contributed by atoms with van der Waals surface area (Å²) in [7, 11) is 0. The van der Waals surface area contributed by atoms with Gasteiger partial charge in [-0.1, -0.05) is 13.3 Å². The summed E-state index contributed by atoms with van der Waals surface area (Å²) in [5.74, 6) is -5.53. The highest BCUT2D eigenvalue weighted by atomic mass is 16.7. The lowest BCUT2D eigenvalue weighted by Gasteiger charge is -2.44. The van der Waals surface area contributed by atoms with Crippen molar-refractivity contribution < 1.29 is 44.7 Å². The molecule has 1 rings (SSSR count). The molecule has 2 amide bonds. The van der Waals surface area contributed by atoms with Crippen molar-refractivity contribution in [2.45, 2.75) is 75.8 Å². The lowest BCUT2D eigenvalue weighted by atomic mass is 9.88. The summed E-state index contributed by atoms with van der Waals surface area (Å²) in [6.45, 7) is 2.68. The van der Waals surface area contributed by atoms with Gasteiger partial charge in [0, 0.05) is 26.3 Å². The first-order chi connectivity index (χ1) is 12.5. The molecule has 0 saturated carbocycles. The van der Waals surface area contributed by atoms with E-state index in [1.165, 1.54) is 0 Å². The number of carboxylic acid groups (broad SMARTS) is 1. The Morgan fingerprint density at radius 2 is 1.93 bits per heavy atom. The highest BCUT2D eigenvalue weighted by Gasteiger charge is 2.53. The number of ether oxygens (including phenoxy) is 1.